The van der Waals surface area contributed by atoms with Gasteiger partial charge in [-0.15, -0.1) is 0 Å². The maximum atomic E-state index is 12.8. The van der Waals surface area contributed by atoms with Gasteiger partial charge in [-0.2, -0.15) is 0 Å². The smallest absolute Gasteiger partial charge is 0.244 e. The lowest BCUT2D eigenvalue weighted by atomic mass is 9.97. The molecule has 18 heavy (non-hydrogen) atoms. The summed E-state index contributed by atoms with van der Waals surface area (Å²) in [6.45, 7) is 5.91. The Balaban J connectivity index is 1.86. The number of nitrogens with one attached hydrogen (secondary N) is 1. The average Bonchev–Trinajstić information content (AvgIpc) is 3.03. The van der Waals surface area contributed by atoms with Gasteiger partial charge in [-0.05, 0) is 25.2 Å². The summed E-state index contributed by atoms with van der Waals surface area (Å²) in [4.78, 5) is 15.0. The topological polar surface area (TPSA) is 41.6 Å². The summed E-state index contributed by atoms with van der Waals surface area (Å²) < 4.78 is 5.48. The lowest BCUT2D eigenvalue weighted by molar-refractivity contribution is -0.135. The van der Waals surface area contributed by atoms with E-state index in [9.17, 15) is 4.79 Å². The van der Waals surface area contributed by atoms with Crippen LogP contribution in [-0.4, -0.2) is 41.8 Å². The van der Waals surface area contributed by atoms with Crippen molar-refractivity contribution in [1.29, 1.82) is 0 Å². The summed E-state index contributed by atoms with van der Waals surface area (Å²) in [7, 11) is 0. The molecule has 3 rings (SSSR count). The van der Waals surface area contributed by atoms with E-state index >= 15 is 0 Å². The van der Waals surface area contributed by atoms with Gasteiger partial charge < -0.3 is 9.64 Å². The number of nitrogens with zero attached hydrogens (tertiary/aromatic N) is 1. The molecule has 1 spiro atoms. The molecule has 1 amide bonds. The highest BCUT2D eigenvalue weighted by Gasteiger charge is 2.54. The molecule has 3 fully saturated rings. The summed E-state index contributed by atoms with van der Waals surface area (Å²) in [6, 6.07) is 0.289. The zero-order valence-electron chi connectivity index (χ0n) is 11.4. The van der Waals surface area contributed by atoms with E-state index in [2.05, 4.69) is 24.1 Å². The Labute approximate surface area is 109 Å². The Morgan fingerprint density at radius 2 is 2.11 bits per heavy atom. The van der Waals surface area contributed by atoms with Gasteiger partial charge in [0.05, 0.1) is 24.4 Å². The lowest BCUT2D eigenvalue weighted by Gasteiger charge is -2.31. The highest BCUT2D eigenvalue weighted by molar-refractivity contribution is 5.89. The van der Waals surface area contributed by atoms with Gasteiger partial charge in [0.2, 0.25) is 5.91 Å². The van der Waals surface area contributed by atoms with Crippen LogP contribution in [0.15, 0.2) is 0 Å². The molecule has 1 N–H and O–H groups in total. The van der Waals surface area contributed by atoms with E-state index in [-0.39, 0.29) is 17.7 Å². The summed E-state index contributed by atoms with van der Waals surface area (Å²) in [5.74, 6) is 0.795. The van der Waals surface area contributed by atoms with E-state index in [0.717, 1.165) is 25.9 Å². The number of hydrogen-bond acceptors (Lipinski definition) is 3. The normalized spacial score (nSPS) is 35.3. The number of carbonyl (C=O) groups excluding carboxylic acids is 1. The molecule has 4 nitrogen and oxygen atoms in total. The fraction of sp³-hybridized carbons (Fsp3) is 0.929. The maximum Gasteiger partial charge on any atom is 0.244 e. The van der Waals surface area contributed by atoms with Crippen LogP contribution in [0.1, 0.15) is 46.0 Å². The third kappa shape index (κ3) is 1.77. The molecule has 0 aromatic heterocycles. The molecule has 2 unspecified atom stereocenters. The van der Waals surface area contributed by atoms with Crippen molar-refractivity contribution in [1.82, 2.24) is 10.2 Å². The zero-order chi connectivity index (χ0) is 12.8. The van der Waals surface area contributed by atoms with Gasteiger partial charge in [-0.3, -0.25) is 10.1 Å². The molecule has 1 saturated carbocycles. The maximum absolute atomic E-state index is 12.8. The predicted molar refractivity (Wildman–Crippen MR) is 69.0 cm³/mol. The summed E-state index contributed by atoms with van der Waals surface area (Å²) >= 11 is 0. The molecule has 2 aliphatic heterocycles. The molecule has 2 atom stereocenters. The Bertz CT molecular complexity index is 331. The van der Waals surface area contributed by atoms with Crippen LogP contribution in [-0.2, 0) is 9.53 Å². The Kier molecular flexibility index (Phi) is 3.10. The Morgan fingerprint density at radius 1 is 1.39 bits per heavy atom. The molecular formula is C14H24N2O2. The highest BCUT2D eigenvalue weighted by atomic mass is 16.5. The average molecular weight is 252 g/mol. The van der Waals surface area contributed by atoms with Crippen molar-refractivity contribution in [2.75, 3.05) is 13.2 Å². The summed E-state index contributed by atoms with van der Waals surface area (Å²) in [5.41, 5.74) is -0.239. The van der Waals surface area contributed by atoms with Crippen LogP contribution in [0.3, 0.4) is 0 Å². The summed E-state index contributed by atoms with van der Waals surface area (Å²) in [6.07, 6.45) is 5.57. The van der Waals surface area contributed by atoms with Crippen molar-refractivity contribution in [3.63, 3.8) is 0 Å². The number of ether oxygens (including phenoxy) is 1. The van der Waals surface area contributed by atoms with Crippen LogP contribution >= 0.6 is 0 Å². The minimum atomic E-state index is -0.239. The molecule has 102 valence electrons. The Morgan fingerprint density at radius 3 is 2.67 bits per heavy atom. The van der Waals surface area contributed by atoms with Crippen LogP contribution < -0.4 is 5.32 Å². The molecular weight excluding hydrogens is 228 g/mol. The number of rotatable bonds is 2. The first-order valence-electron chi connectivity index (χ1n) is 7.32. The van der Waals surface area contributed by atoms with Crippen molar-refractivity contribution >= 4 is 5.91 Å². The van der Waals surface area contributed by atoms with Gasteiger partial charge >= 0.3 is 0 Å². The number of amides is 1. The van der Waals surface area contributed by atoms with Crippen LogP contribution in [0.4, 0.5) is 0 Å². The molecule has 1 aliphatic carbocycles. The van der Waals surface area contributed by atoms with Gasteiger partial charge in [-0.25, -0.2) is 0 Å². The van der Waals surface area contributed by atoms with E-state index in [1.165, 1.54) is 12.8 Å². The molecule has 0 aromatic carbocycles. The monoisotopic (exact) mass is 252 g/mol. The second-order valence-electron chi connectivity index (χ2n) is 6.35. The zero-order valence-corrected chi connectivity index (χ0v) is 11.4. The molecule has 0 bridgehead atoms. The molecule has 2 heterocycles. The van der Waals surface area contributed by atoms with Crippen LogP contribution in [0.2, 0.25) is 0 Å². The quantitative estimate of drug-likeness (QED) is 0.810. The van der Waals surface area contributed by atoms with E-state index in [4.69, 9.17) is 4.74 Å². The second kappa shape index (κ2) is 4.49. The summed E-state index contributed by atoms with van der Waals surface area (Å²) in [5, 5.41) is 3.66. The molecule has 4 heteroatoms. The van der Waals surface area contributed by atoms with E-state index < -0.39 is 0 Å². The molecule has 0 aromatic rings. The van der Waals surface area contributed by atoms with Gasteiger partial charge in [0.1, 0.15) is 0 Å². The third-order valence-corrected chi connectivity index (χ3v) is 4.76. The van der Waals surface area contributed by atoms with E-state index in [1.807, 2.05) is 0 Å². The fourth-order valence-corrected chi connectivity index (χ4v) is 3.75. The van der Waals surface area contributed by atoms with Gasteiger partial charge in [0, 0.05) is 6.61 Å². The van der Waals surface area contributed by atoms with Crippen molar-refractivity contribution in [2.45, 2.75) is 63.7 Å². The van der Waals surface area contributed by atoms with Crippen molar-refractivity contribution in [3.05, 3.63) is 0 Å². The van der Waals surface area contributed by atoms with Crippen molar-refractivity contribution < 1.29 is 9.53 Å². The molecule has 3 aliphatic rings. The molecule has 0 radical (unpaired) electrons. The first-order chi connectivity index (χ1) is 8.64. The minimum absolute atomic E-state index is 0.197. The Hall–Kier alpha value is -0.610. The third-order valence-electron chi connectivity index (χ3n) is 4.76. The fourth-order valence-electron chi connectivity index (χ4n) is 3.75. The van der Waals surface area contributed by atoms with Gasteiger partial charge in [-0.1, -0.05) is 26.7 Å². The lowest BCUT2D eigenvalue weighted by Crippen LogP contribution is -2.47. The largest absolute Gasteiger partial charge is 0.379 e. The van der Waals surface area contributed by atoms with Crippen molar-refractivity contribution in [3.8, 4) is 0 Å². The van der Waals surface area contributed by atoms with Gasteiger partial charge in [0.15, 0.2) is 0 Å². The second-order valence-corrected chi connectivity index (χ2v) is 6.35. The van der Waals surface area contributed by atoms with E-state index in [1.54, 1.807) is 0 Å². The first kappa shape index (κ1) is 12.4. The van der Waals surface area contributed by atoms with Crippen LogP contribution in [0.25, 0.3) is 0 Å². The van der Waals surface area contributed by atoms with Crippen LogP contribution in [0.5, 0.6) is 0 Å². The first-order valence-corrected chi connectivity index (χ1v) is 7.32. The minimum Gasteiger partial charge on any atom is -0.379 e. The van der Waals surface area contributed by atoms with Crippen LogP contribution in [0, 0.1) is 5.92 Å². The highest BCUT2D eigenvalue weighted by Crippen LogP contribution is 2.39. The standard InChI is InChI=1S/C14H24N2O2/c1-10(2)12-15-14(6-3-4-7-14)13(17)16(12)11-5-8-18-9-11/h10-12,15H,3-9H2,1-2H3. The van der Waals surface area contributed by atoms with Crippen molar-refractivity contribution in [2.24, 2.45) is 5.92 Å². The number of carbonyl (C=O) groups is 1. The van der Waals surface area contributed by atoms with Gasteiger partial charge in [0.25, 0.3) is 0 Å². The van der Waals surface area contributed by atoms with E-state index in [0.29, 0.717) is 18.4 Å². The predicted octanol–water partition coefficient (Wildman–Crippen LogP) is 1.50. The SMILES string of the molecule is CC(C)C1NC2(CCCC2)C(=O)N1C1CCOC1. The number of hydrogen-bond donors (Lipinski definition) is 1. The molecule has 2 saturated heterocycles.